The summed E-state index contributed by atoms with van der Waals surface area (Å²) < 4.78 is 1.49. The van der Waals surface area contributed by atoms with Gasteiger partial charge in [0.15, 0.2) is 0 Å². The first-order valence-corrected chi connectivity index (χ1v) is 10.5. The minimum atomic E-state index is -0.0468. The Morgan fingerprint density at radius 3 is 2.78 bits per heavy atom. The number of aromatic amines is 1. The maximum atomic E-state index is 12.6. The van der Waals surface area contributed by atoms with E-state index in [-0.39, 0.29) is 11.5 Å². The molecule has 0 fully saturated rings. The van der Waals surface area contributed by atoms with Gasteiger partial charge in [-0.2, -0.15) is 0 Å². The number of aryl methyl sites for hydroxylation is 2. The topological polar surface area (TPSA) is 101 Å². The molecule has 0 saturated heterocycles. The summed E-state index contributed by atoms with van der Waals surface area (Å²) in [4.78, 5) is 30.3. The van der Waals surface area contributed by atoms with Crippen LogP contribution in [0.1, 0.15) is 24.1 Å². The molecule has 4 heterocycles. The number of nitrogens with zero attached hydrogens (tertiary/aromatic N) is 5. The Balaban J connectivity index is 1.42. The van der Waals surface area contributed by atoms with E-state index in [0.29, 0.717) is 11.9 Å². The molecule has 5 aromatic rings. The molecular formula is C24H23N7O. The lowest BCUT2D eigenvalue weighted by molar-refractivity contribution is 0.751. The van der Waals surface area contributed by atoms with Crippen molar-refractivity contribution < 1.29 is 0 Å². The number of hydrogen-bond acceptors (Lipinski definition) is 6. The van der Waals surface area contributed by atoms with Crippen molar-refractivity contribution in [2.45, 2.75) is 19.8 Å². The van der Waals surface area contributed by atoms with Crippen LogP contribution >= 0.6 is 0 Å². The molecule has 0 saturated carbocycles. The molecule has 8 heteroatoms. The van der Waals surface area contributed by atoms with Gasteiger partial charge in [-0.05, 0) is 24.6 Å². The molecule has 160 valence electrons. The van der Waals surface area contributed by atoms with Crippen LogP contribution < -0.4 is 10.9 Å². The second kappa shape index (κ2) is 7.88. The molecule has 4 aromatic heterocycles. The standard InChI is InChI=1S/C24H23N7O/c1-14(10-26-21-9-19(28-13-29-21)16-8-7-15(2)25-11-16)17-5-4-6-18-22-20(12-27-23(17)18)30-31(3)24(22)32/h4-9,11-14,30H,10H2,1-3H3,(H,26,28,29). The predicted molar refractivity (Wildman–Crippen MR) is 126 cm³/mol. The van der Waals surface area contributed by atoms with Crippen LogP contribution in [-0.4, -0.2) is 36.3 Å². The highest BCUT2D eigenvalue weighted by Crippen LogP contribution is 2.28. The maximum Gasteiger partial charge on any atom is 0.274 e. The van der Waals surface area contributed by atoms with E-state index in [1.807, 2.05) is 43.5 Å². The molecule has 0 spiro atoms. The molecule has 0 aliphatic carbocycles. The van der Waals surface area contributed by atoms with Gasteiger partial charge in [-0.25, -0.2) is 9.97 Å². The number of rotatable bonds is 5. The summed E-state index contributed by atoms with van der Waals surface area (Å²) in [6.45, 7) is 4.75. The van der Waals surface area contributed by atoms with Crippen molar-refractivity contribution in [3.63, 3.8) is 0 Å². The van der Waals surface area contributed by atoms with E-state index in [1.165, 1.54) is 4.68 Å². The molecule has 0 aliphatic heterocycles. The zero-order valence-electron chi connectivity index (χ0n) is 18.1. The van der Waals surface area contributed by atoms with Crippen LogP contribution in [0.15, 0.2) is 59.9 Å². The molecule has 2 N–H and O–H groups in total. The Morgan fingerprint density at radius 2 is 1.97 bits per heavy atom. The van der Waals surface area contributed by atoms with Crippen LogP contribution in [0.5, 0.6) is 0 Å². The summed E-state index contributed by atoms with van der Waals surface area (Å²) in [6, 6.07) is 11.9. The van der Waals surface area contributed by atoms with E-state index in [4.69, 9.17) is 0 Å². The maximum absolute atomic E-state index is 12.6. The largest absolute Gasteiger partial charge is 0.369 e. The summed E-state index contributed by atoms with van der Waals surface area (Å²) in [5, 5.41) is 8.00. The molecular weight excluding hydrogens is 402 g/mol. The first-order chi connectivity index (χ1) is 15.5. The molecule has 5 rings (SSSR count). The van der Waals surface area contributed by atoms with Gasteiger partial charge in [0.25, 0.3) is 5.56 Å². The van der Waals surface area contributed by atoms with E-state index in [2.05, 4.69) is 43.3 Å². The van der Waals surface area contributed by atoms with Crippen LogP contribution in [-0.2, 0) is 7.05 Å². The first kappa shape index (κ1) is 19.9. The summed E-state index contributed by atoms with van der Waals surface area (Å²) in [7, 11) is 1.72. The lowest BCUT2D eigenvalue weighted by atomic mass is 9.97. The van der Waals surface area contributed by atoms with Gasteiger partial charge in [0.2, 0.25) is 0 Å². The van der Waals surface area contributed by atoms with Crippen molar-refractivity contribution in [1.29, 1.82) is 0 Å². The van der Waals surface area contributed by atoms with Gasteiger partial charge in [-0.3, -0.25) is 24.5 Å². The van der Waals surface area contributed by atoms with Crippen molar-refractivity contribution >= 4 is 27.6 Å². The first-order valence-electron chi connectivity index (χ1n) is 10.5. The Bertz CT molecular complexity index is 1480. The van der Waals surface area contributed by atoms with Crippen LogP contribution in [0.25, 0.3) is 33.1 Å². The lowest BCUT2D eigenvalue weighted by Crippen LogP contribution is -2.13. The molecule has 1 atom stereocenters. The SMILES string of the molecule is Cc1ccc(-c2cc(NCC(C)c3cccc4c3ncc3[nH]n(C)c(=O)c34)ncn2)cn1. The highest BCUT2D eigenvalue weighted by molar-refractivity contribution is 6.04. The third kappa shape index (κ3) is 3.49. The normalized spacial score (nSPS) is 12.3. The second-order valence-corrected chi connectivity index (χ2v) is 8.02. The summed E-state index contributed by atoms with van der Waals surface area (Å²) in [5.74, 6) is 0.892. The minimum absolute atomic E-state index is 0.0468. The summed E-state index contributed by atoms with van der Waals surface area (Å²) >= 11 is 0. The molecule has 0 bridgehead atoms. The summed E-state index contributed by atoms with van der Waals surface area (Å²) in [5.41, 5.74) is 5.36. The van der Waals surface area contributed by atoms with E-state index >= 15 is 0 Å². The number of pyridine rings is 2. The third-order valence-electron chi connectivity index (χ3n) is 5.73. The smallest absolute Gasteiger partial charge is 0.274 e. The molecule has 0 amide bonds. The molecule has 8 nitrogen and oxygen atoms in total. The van der Waals surface area contributed by atoms with Gasteiger partial charge in [0.05, 0.1) is 28.3 Å². The number of H-pyrrole nitrogens is 1. The van der Waals surface area contributed by atoms with Crippen LogP contribution in [0.4, 0.5) is 5.82 Å². The zero-order valence-corrected chi connectivity index (χ0v) is 18.1. The Hall–Kier alpha value is -4.07. The molecule has 1 unspecified atom stereocenters. The van der Waals surface area contributed by atoms with Gasteiger partial charge in [0.1, 0.15) is 12.1 Å². The number of benzene rings is 1. The van der Waals surface area contributed by atoms with Crippen molar-refractivity contribution in [1.82, 2.24) is 29.7 Å². The van der Waals surface area contributed by atoms with E-state index in [9.17, 15) is 4.79 Å². The van der Waals surface area contributed by atoms with Crippen LogP contribution in [0.3, 0.4) is 0 Å². The van der Waals surface area contributed by atoms with E-state index in [1.54, 1.807) is 19.6 Å². The van der Waals surface area contributed by atoms with Crippen molar-refractivity contribution in [2.24, 2.45) is 7.05 Å². The van der Waals surface area contributed by atoms with E-state index in [0.717, 1.165) is 44.8 Å². The quantitative estimate of drug-likeness (QED) is 0.444. The minimum Gasteiger partial charge on any atom is -0.369 e. The van der Waals surface area contributed by atoms with Crippen LogP contribution in [0.2, 0.25) is 0 Å². The second-order valence-electron chi connectivity index (χ2n) is 8.02. The van der Waals surface area contributed by atoms with Gasteiger partial charge < -0.3 is 5.32 Å². The Labute approximate surface area is 184 Å². The fraction of sp³-hybridized carbons (Fsp3) is 0.208. The number of para-hydroxylation sites is 1. The Morgan fingerprint density at radius 1 is 1.09 bits per heavy atom. The van der Waals surface area contributed by atoms with Crippen LogP contribution in [0, 0.1) is 6.92 Å². The van der Waals surface area contributed by atoms with Crippen molar-refractivity contribution in [3.8, 4) is 11.3 Å². The van der Waals surface area contributed by atoms with Gasteiger partial charge in [-0.15, -0.1) is 0 Å². The van der Waals surface area contributed by atoms with Crippen molar-refractivity contribution in [3.05, 3.63) is 76.7 Å². The van der Waals surface area contributed by atoms with Gasteiger partial charge >= 0.3 is 0 Å². The monoisotopic (exact) mass is 425 g/mol. The van der Waals surface area contributed by atoms with E-state index < -0.39 is 0 Å². The highest BCUT2D eigenvalue weighted by atomic mass is 16.1. The highest BCUT2D eigenvalue weighted by Gasteiger charge is 2.15. The third-order valence-corrected chi connectivity index (χ3v) is 5.73. The molecule has 32 heavy (non-hydrogen) atoms. The van der Waals surface area contributed by atoms with Gasteiger partial charge in [0, 0.05) is 48.4 Å². The average molecular weight is 425 g/mol. The molecule has 0 radical (unpaired) electrons. The Kier molecular flexibility index (Phi) is 4.89. The predicted octanol–water partition coefficient (Wildman–Crippen LogP) is 3.79. The molecule has 0 aliphatic rings. The lowest BCUT2D eigenvalue weighted by Gasteiger charge is -2.16. The fourth-order valence-electron chi connectivity index (χ4n) is 3.96. The number of nitrogens with one attached hydrogen (secondary N) is 2. The zero-order chi connectivity index (χ0) is 22.2. The average Bonchev–Trinajstić information content (AvgIpc) is 3.11. The number of hydrogen-bond donors (Lipinski definition) is 2. The van der Waals surface area contributed by atoms with Crippen molar-refractivity contribution in [2.75, 3.05) is 11.9 Å². The molecule has 1 aromatic carbocycles. The van der Waals surface area contributed by atoms with Gasteiger partial charge in [-0.1, -0.05) is 25.1 Å². The number of aromatic nitrogens is 6. The summed E-state index contributed by atoms with van der Waals surface area (Å²) in [6.07, 6.45) is 5.10. The number of anilines is 1. The fourth-order valence-corrected chi connectivity index (χ4v) is 3.96. The number of fused-ring (bicyclic) bond motifs is 3.